The molecule has 182 valence electrons. The van der Waals surface area contributed by atoms with Crippen LogP contribution < -0.4 is 24.2 Å². The molecule has 0 fully saturated rings. The average Bonchev–Trinajstić information content (AvgIpc) is 2.71. The maximum absolute atomic E-state index is 12.8. The molecule has 0 unspecified atom stereocenters. The number of alkyl halides is 2. The minimum Gasteiger partial charge on any atom is -0.495 e. The molecule has 0 saturated heterocycles. The maximum Gasteiger partial charge on any atom is 0.387 e. The van der Waals surface area contributed by atoms with Crippen LogP contribution in [0.1, 0.15) is 36.7 Å². The summed E-state index contributed by atoms with van der Waals surface area (Å²) < 4.78 is 67.8. The molecular weight excluding hydrogens is 458 g/mol. The van der Waals surface area contributed by atoms with Gasteiger partial charge in [0.1, 0.15) is 10.6 Å². The number of sulfonamides is 1. The fourth-order valence-electron chi connectivity index (χ4n) is 2.97. The first-order valence-corrected chi connectivity index (χ1v) is 11.5. The van der Waals surface area contributed by atoms with Crippen molar-refractivity contribution in [2.45, 2.75) is 44.2 Å². The summed E-state index contributed by atoms with van der Waals surface area (Å²) in [7, 11) is -1.26. The number of ether oxygens (including phenoxy) is 3. The van der Waals surface area contributed by atoms with Gasteiger partial charge >= 0.3 is 6.61 Å². The van der Waals surface area contributed by atoms with E-state index in [0.717, 1.165) is 0 Å². The summed E-state index contributed by atoms with van der Waals surface area (Å²) in [5, 5.41) is 2.69. The van der Waals surface area contributed by atoms with E-state index in [1.54, 1.807) is 26.8 Å². The number of methoxy groups -OCH3 is 2. The van der Waals surface area contributed by atoms with Crippen LogP contribution in [0, 0.1) is 0 Å². The Hall–Kier alpha value is -2.92. The summed E-state index contributed by atoms with van der Waals surface area (Å²) in [6.07, 6.45) is 0.322. The lowest BCUT2D eigenvalue weighted by molar-refractivity contribution is -0.0512. The molecule has 0 aliphatic rings. The van der Waals surface area contributed by atoms with E-state index in [0.29, 0.717) is 12.0 Å². The molecule has 33 heavy (non-hydrogen) atoms. The molecule has 2 N–H and O–H groups in total. The number of hydrogen-bond donors (Lipinski definition) is 2. The molecule has 0 heterocycles. The van der Waals surface area contributed by atoms with Gasteiger partial charge < -0.3 is 19.5 Å². The van der Waals surface area contributed by atoms with E-state index in [2.05, 4.69) is 14.8 Å². The Kier molecular flexibility index (Phi) is 8.62. The minimum atomic E-state index is -3.94. The van der Waals surface area contributed by atoms with Crippen molar-refractivity contribution in [1.29, 1.82) is 0 Å². The number of nitrogens with one attached hydrogen (secondary N) is 2. The Balaban J connectivity index is 2.13. The topological polar surface area (TPSA) is 103 Å². The molecule has 0 bridgehead atoms. The van der Waals surface area contributed by atoms with Crippen LogP contribution in [0.3, 0.4) is 0 Å². The Morgan fingerprint density at radius 3 is 2.21 bits per heavy atom. The van der Waals surface area contributed by atoms with Crippen molar-refractivity contribution in [2.24, 2.45) is 0 Å². The first kappa shape index (κ1) is 26.3. The first-order valence-electron chi connectivity index (χ1n) is 9.98. The van der Waals surface area contributed by atoms with Gasteiger partial charge in [0.15, 0.2) is 11.5 Å². The van der Waals surface area contributed by atoms with Crippen LogP contribution >= 0.6 is 0 Å². The van der Waals surface area contributed by atoms with Crippen molar-refractivity contribution in [2.75, 3.05) is 20.8 Å². The molecule has 8 nitrogen and oxygen atoms in total. The van der Waals surface area contributed by atoms with Crippen molar-refractivity contribution in [1.82, 2.24) is 10.0 Å². The molecule has 0 aromatic heterocycles. The lowest BCUT2D eigenvalue weighted by atomic mass is 10.1. The lowest BCUT2D eigenvalue weighted by Gasteiger charge is -2.21. The molecule has 2 aromatic rings. The van der Waals surface area contributed by atoms with E-state index in [1.807, 2.05) is 0 Å². The molecule has 0 saturated carbocycles. The predicted molar refractivity (Wildman–Crippen MR) is 119 cm³/mol. The molecule has 0 atom stereocenters. The fraction of sp³-hybridized carbons (Fsp3) is 0.409. The summed E-state index contributed by atoms with van der Waals surface area (Å²) in [6, 6.07) is 8.67. The highest BCUT2D eigenvalue weighted by molar-refractivity contribution is 7.89. The number of halogens is 2. The zero-order valence-electron chi connectivity index (χ0n) is 19.1. The van der Waals surface area contributed by atoms with E-state index in [9.17, 15) is 22.0 Å². The Morgan fingerprint density at radius 1 is 1.00 bits per heavy atom. The van der Waals surface area contributed by atoms with Crippen LogP contribution in [0.5, 0.6) is 17.2 Å². The fourth-order valence-corrected chi connectivity index (χ4v) is 4.59. The molecule has 2 aromatic carbocycles. The molecule has 0 aliphatic carbocycles. The monoisotopic (exact) mass is 486 g/mol. The summed E-state index contributed by atoms with van der Waals surface area (Å²) in [5.41, 5.74) is 0.0357. The van der Waals surface area contributed by atoms with Gasteiger partial charge in [0.25, 0.3) is 5.91 Å². The standard InChI is InChI=1S/C22H28F2N2O6S/c1-22(2,3)26-33(28,29)19-13-15(7-9-17(19)31-5)20(27)25-11-10-14-6-8-16(30-4)18(12-14)32-21(23)24/h6-9,12-13,21,26H,10-11H2,1-5H3,(H,25,27). The largest absolute Gasteiger partial charge is 0.495 e. The number of carbonyl (C=O) groups is 1. The van der Waals surface area contributed by atoms with Crippen LogP contribution in [-0.2, 0) is 16.4 Å². The van der Waals surface area contributed by atoms with E-state index < -0.39 is 28.1 Å². The number of benzene rings is 2. The molecule has 0 spiro atoms. The molecule has 11 heteroatoms. The number of amides is 1. The summed E-state index contributed by atoms with van der Waals surface area (Å²) in [6.45, 7) is 2.27. The Bertz CT molecular complexity index is 1080. The minimum absolute atomic E-state index is 0.104. The highest BCUT2D eigenvalue weighted by Crippen LogP contribution is 2.30. The normalized spacial score (nSPS) is 11.9. The highest BCUT2D eigenvalue weighted by atomic mass is 32.2. The van der Waals surface area contributed by atoms with Crippen molar-refractivity contribution >= 4 is 15.9 Å². The van der Waals surface area contributed by atoms with Crippen molar-refractivity contribution in [3.63, 3.8) is 0 Å². The van der Waals surface area contributed by atoms with Gasteiger partial charge in [0.2, 0.25) is 10.0 Å². The van der Waals surface area contributed by atoms with Crippen molar-refractivity contribution < 1.29 is 36.2 Å². The summed E-state index contributed by atoms with van der Waals surface area (Å²) in [5.74, 6) is -0.331. The number of hydrogen-bond acceptors (Lipinski definition) is 6. The Morgan fingerprint density at radius 2 is 1.64 bits per heavy atom. The Labute approximate surface area is 192 Å². The SMILES string of the molecule is COc1ccc(CCNC(=O)c2ccc(OC)c(S(=O)(=O)NC(C)(C)C)c2)cc1OC(F)F. The third-order valence-electron chi connectivity index (χ3n) is 4.30. The predicted octanol–water partition coefficient (Wildman–Crippen LogP) is 3.35. The van der Waals surface area contributed by atoms with Gasteiger partial charge in [-0.05, 0) is 63.1 Å². The molecule has 1 amide bonds. The van der Waals surface area contributed by atoms with Gasteiger partial charge in [-0.3, -0.25) is 4.79 Å². The van der Waals surface area contributed by atoms with Gasteiger partial charge in [-0.15, -0.1) is 0 Å². The van der Waals surface area contributed by atoms with Gasteiger partial charge in [-0.25, -0.2) is 13.1 Å². The maximum atomic E-state index is 12.8. The van der Waals surface area contributed by atoms with E-state index in [-0.39, 0.29) is 34.3 Å². The first-order chi connectivity index (χ1) is 15.4. The lowest BCUT2D eigenvalue weighted by Crippen LogP contribution is -2.40. The second kappa shape index (κ2) is 10.8. The zero-order chi connectivity index (χ0) is 24.8. The van der Waals surface area contributed by atoms with Crippen LogP contribution in [-0.4, -0.2) is 47.2 Å². The van der Waals surface area contributed by atoms with Gasteiger partial charge in [-0.2, -0.15) is 8.78 Å². The number of carbonyl (C=O) groups excluding carboxylic acids is 1. The number of rotatable bonds is 10. The van der Waals surface area contributed by atoms with Crippen molar-refractivity contribution in [3.05, 3.63) is 47.5 Å². The third-order valence-corrected chi connectivity index (χ3v) is 6.08. The summed E-state index contributed by atoms with van der Waals surface area (Å²) in [4.78, 5) is 12.4. The molecule has 0 aliphatic heterocycles. The zero-order valence-corrected chi connectivity index (χ0v) is 19.9. The van der Waals surface area contributed by atoms with E-state index >= 15 is 0 Å². The highest BCUT2D eigenvalue weighted by Gasteiger charge is 2.26. The smallest absolute Gasteiger partial charge is 0.387 e. The average molecular weight is 487 g/mol. The third kappa shape index (κ3) is 7.57. The molecule has 2 rings (SSSR count). The quantitative estimate of drug-likeness (QED) is 0.534. The molecule has 0 radical (unpaired) electrons. The van der Waals surface area contributed by atoms with Crippen LogP contribution in [0.15, 0.2) is 41.3 Å². The van der Waals surface area contributed by atoms with Crippen LogP contribution in [0.2, 0.25) is 0 Å². The second-order valence-electron chi connectivity index (χ2n) is 8.09. The van der Waals surface area contributed by atoms with Crippen LogP contribution in [0.4, 0.5) is 8.78 Å². The summed E-state index contributed by atoms with van der Waals surface area (Å²) >= 11 is 0. The second-order valence-corrected chi connectivity index (χ2v) is 9.74. The van der Waals surface area contributed by atoms with E-state index in [4.69, 9.17) is 9.47 Å². The van der Waals surface area contributed by atoms with Crippen molar-refractivity contribution in [3.8, 4) is 17.2 Å². The van der Waals surface area contributed by atoms with Gasteiger partial charge in [-0.1, -0.05) is 6.07 Å². The van der Waals surface area contributed by atoms with E-state index in [1.165, 1.54) is 44.6 Å². The van der Waals surface area contributed by atoms with Gasteiger partial charge in [0.05, 0.1) is 14.2 Å². The van der Waals surface area contributed by atoms with Gasteiger partial charge in [0, 0.05) is 17.6 Å². The van der Waals surface area contributed by atoms with Crippen LogP contribution in [0.25, 0.3) is 0 Å². The molecular formula is C22H28F2N2O6S.